The highest BCUT2D eigenvalue weighted by molar-refractivity contribution is 7.10. The van der Waals surface area contributed by atoms with Crippen LogP contribution < -0.4 is 5.73 Å². The Kier molecular flexibility index (Phi) is 4.54. The molecule has 1 aliphatic rings. The number of terminal acetylenes is 1. The lowest BCUT2D eigenvalue weighted by atomic mass is 9.80. The summed E-state index contributed by atoms with van der Waals surface area (Å²) < 4.78 is 0. The summed E-state index contributed by atoms with van der Waals surface area (Å²) in [5.41, 5.74) is 7.68. The number of carbonyl (C=O) groups excluding carboxylic acids is 1. The Balaban J connectivity index is 2.07. The van der Waals surface area contributed by atoms with Gasteiger partial charge >= 0.3 is 0 Å². The van der Waals surface area contributed by atoms with E-state index in [1.54, 1.807) is 13.1 Å². The minimum atomic E-state index is -0.810. The SMILES string of the molecule is C#CCC1C(=O)N(C)C(N)=N[C@]1(C)c1cc(-c2cccc(C#N)c2)cs1. The van der Waals surface area contributed by atoms with E-state index in [0.717, 1.165) is 16.0 Å². The van der Waals surface area contributed by atoms with E-state index in [0.29, 0.717) is 5.56 Å². The summed E-state index contributed by atoms with van der Waals surface area (Å²) in [4.78, 5) is 19.6. The number of nitriles is 1. The number of amides is 1. The van der Waals surface area contributed by atoms with Crippen LogP contribution in [0.25, 0.3) is 11.1 Å². The number of benzene rings is 1. The molecule has 1 aromatic heterocycles. The lowest BCUT2D eigenvalue weighted by molar-refractivity contribution is -0.133. The molecular formula is C20H18N4OS. The number of thiophene rings is 1. The highest BCUT2D eigenvalue weighted by Gasteiger charge is 2.46. The van der Waals surface area contributed by atoms with Gasteiger partial charge in [0.2, 0.25) is 5.91 Å². The van der Waals surface area contributed by atoms with Crippen molar-refractivity contribution in [3.05, 3.63) is 46.2 Å². The summed E-state index contributed by atoms with van der Waals surface area (Å²) in [7, 11) is 1.61. The Labute approximate surface area is 156 Å². The minimum Gasteiger partial charge on any atom is -0.369 e. The normalized spacial score (nSPS) is 22.5. The van der Waals surface area contributed by atoms with E-state index in [1.807, 2.05) is 36.6 Å². The van der Waals surface area contributed by atoms with Crippen molar-refractivity contribution in [2.24, 2.45) is 16.6 Å². The second kappa shape index (κ2) is 6.67. The molecule has 1 aliphatic heterocycles. The zero-order valence-electron chi connectivity index (χ0n) is 14.6. The molecule has 1 amide bonds. The Morgan fingerprint density at radius 2 is 2.19 bits per heavy atom. The average molecular weight is 362 g/mol. The lowest BCUT2D eigenvalue weighted by Gasteiger charge is -2.39. The van der Waals surface area contributed by atoms with Crippen LogP contribution in [0.2, 0.25) is 0 Å². The van der Waals surface area contributed by atoms with Gasteiger partial charge in [0.25, 0.3) is 0 Å². The van der Waals surface area contributed by atoms with Gasteiger partial charge in [-0.1, -0.05) is 12.1 Å². The second-order valence-corrected chi connectivity index (χ2v) is 7.28. The fraction of sp³-hybridized carbons (Fsp3) is 0.250. The summed E-state index contributed by atoms with van der Waals surface area (Å²) in [5.74, 6) is 2.18. The van der Waals surface area contributed by atoms with Crippen molar-refractivity contribution in [3.63, 3.8) is 0 Å². The first kappa shape index (κ1) is 17.7. The molecule has 2 aromatic rings. The van der Waals surface area contributed by atoms with Crippen LogP contribution in [-0.4, -0.2) is 23.8 Å². The number of rotatable bonds is 3. The highest BCUT2D eigenvalue weighted by Crippen LogP contribution is 2.43. The molecule has 0 aliphatic carbocycles. The van der Waals surface area contributed by atoms with Crippen molar-refractivity contribution in [1.29, 1.82) is 5.26 Å². The summed E-state index contributed by atoms with van der Waals surface area (Å²) in [6, 6.07) is 11.6. The molecule has 6 heteroatoms. The molecule has 2 heterocycles. The van der Waals surface area contributed by atoms with E-state index in [1.165, 1.54) is 16.2 Å². The molecule has 2 N–H and O–H groups in total. The molecule has 0 saturated carbocycles. The number of nitrogens with two attached hydrogens (primary N) is 1. The number of aliphatic imine (C=N–C) groups is 1. The number of hydrogen-bond acceptors (Lipinski definition) is 5. The first-order valence-corrected chi connectivity index (χ1v) is 8.94. The topological polar surface area (TPSA) is 82.5 Å². The number of hydrogen-bond donors (Lipinski definition) is 1. The Morgan fingerprint density at radius 3 is 2.88 bits per heavy atom. The first-order valence-electron chi connectivity index (χ1n) is 8.06. The summed E-state index contributed by atoms with van der Waals surface area (Å²) in [6.45, 7) is 1.90. The fourth-order valence-corrected chi connectivity index (χ4v) is 4.21. The maximum Gasteiger partial charge on any atom is 0.235 e. The Hall–Kier alpha value is -3.09. The van der Waals surface area contributed by atoms with Gasteiger partial charge in [-0.3, -0.25) is 9.69 Å². The van der Waals surface area contributed by atoms with Crippen LogP contribution in [0.15, 0.2) is 40.7 Å². The van der Waals surface area contributed by atoms with Gasteiger partial charge in [-0.25, -0.2) is 4.99 Å². The van der Waals surface area contributed by atoms with E-state index in [9.17, 15) is 4.79 Å². The molecule has 0 bridgehead atoms. The summed E-state index contributed by atoms with van der Waals surface area (Å²) in [6.07, 6.45) is 5.79. The van der Waals surface area contributed by atoms with Crippen LogP contribution in [0.1, 0.15) is 23.8 Å². The van der Waals surface area contributed by atoms with Gasteiger partial charge in [-0.2, -0.15) is 5.26 Å². The molecule has 1 aromatic carbocycles. The maximum atomic E-state index is 12.7. The van der Waals surface area contributed by atoms with Crippen molar-refractivity contribution < 1.29 is 4.79 Å². The molecule has 26 heavy (non-hydrogen) atoms. The van der Waals surface area contributed by atoms with Crippen LogP contribution in [0, 0.1) is 29.6 Å². The quantitative estimate of drug-likeness (QED) is 0.852. The predicted octanol–water partition coefficient (Wildman–Crippen LogP) is 2.93. The largest absolute Gasteiger partial charge is 0.369 e. The zero-order valence-corrected chi connectivity index (χ0v) is 15.4. The van der Waals surface area contributed by atoms with Gasteiger partial charge in [-0.15, -0.1) is 23.7 Å². The van der Waals surface area contributed by atoms with Gasteiger partial charge in [-0.05, 0) is 41.6 Å². The average Bonchev–Trinajstić information content (AvgIpc) is 3.14. The standard InChI is InChI=1S/C20H18N4OS/c1-4-6-16-18(25)24(3)19(22)23-20(16,2)17-10-15(12-26-17)14-8-5-7-13(9-14)11-21/h1,5,7-10,12,16H,6H2,2-3H3,(H2,22,23)/t16?,20-/m0/s1. The van der Waals surface area contributed by atoms with Gasteiger partial charge in [0, 0.05) is 18.3 Å². The minimum absolute atomic E-state index is 0.126. The molecule has 2 atom stereocenters. The second-order valence-electron chi connectivity index (χ2n) is 6.37. The van der Waals surface area contributed by atoms with Crippen LogP contribution in [-0.2, 0) is 10.3 Å². The van der Waals surface area contributed by atoms with Crippen LogP contribution in [0.3, 0.4) is 0 Å². The van der Waals surface area contributed by atoms with Gasteiger partial charge in [0.05, 0.1) is 17.6 Å². The van der Waals surface area contributed by atoms with Crippen molar-refractivity contribution in [2.75, 3.05) is 7.05 Å². The van der Waals surface area contributed by atoms with E-state index in [-0.39, 0.29) is 18.3 Å². The molecule has 1 unspecified atom stereocenters. The number of guanidine groups is 1. The number of carbonyl (C=O) groups is 1. The third-order valence-electron chi connectivity index (χ3n) is 4.74. The fourth-order valence-electron chi connectivity index (χ4n) is 3.13. The Morgan fingerprint density at radius 1 is 1.42 bits per heavy atom. The van der Waals surface area contributed by atoms with Crippen LogP contribution >= 0.6 is 11.3 Å². The van der Waals surface area contributed by atoms with E-state index < -0.39 is 11.5 Å². The molecular weight excluding hydrogens is 344 g/mol. The van der Waals surface area contributed by atoms with E-state index in [2.05, 4.69) is 17.0 Å². The van der Waals surface area contributed by atoms with Crippen molar-refractivity contribution in [1.82, 2.24) is 4.90 Å². The molecule has 3 rings (SSSR count). The van der Waals surface area contributed by atoms with Crippen LogP contribution in [0.4, 0.5) is 0 Å². The summed E-state index contributed by atoms with van der Waals surface area (Å²) >= 11 is 1.51. The van der Waals surface area contributed by atoms with E-state index >= 15 is 0 Å². The van der Waals surface area contributed by atoms with Crippen LogP contribution in [0.5, 0.6) is 0 Å². The molecule has 0 radical (unpaired) electrons. The van der Waals surface area contributed by atoms with Gasteiger partial charge in [0.15, 0.2) is 5.96 Å². The highest BCUT2D eigenvalue weighted by atomic mass is 32.1. The lowest BCUT2D eigenvalue weighted by Crippen LogP contribution is -2.53. The molecule has 0 spiro atoms. The Bertz CT molecular complexity index is 978. The predicted molar refractivity (Wildman–Crippen MR) is 103 cm³/mol. The smallest absolute Gasteiger partial charge is 0.235 e. The molecule has 0 saturated heterocycles. The summed E-state index contributed by atoms with van der Waals surface area (Å²) in [5, 5.41) is 11.1. The van der Waals surface area contributed by atoms with Crippen molar-refractivity contribution in [3.8, 4) is 29.5 Å². The molecule has 0 fully saturated rings. The molecule has 130 valence electrons. The van der Waals surface area contributed by atoms with Gasteiger partial charge < -0.3 is 5.73 Å². The van der Waals surface area contributed by atoms with Crippen molar-refractivity contribution in [2.45, 2.75) is 18.9 Å². The monoisotopic (exact) mass is 362 g/mol. The van der Waals surface area contributed by atoms with Crippen molar-refractivity contribution >= 4 is 23.2 Å². The third-order valence-corrected chi connectivity index (χ3v) is 5.90. The molecule has 5 nitrogen and oxygen atoms in total. The van der Waals surface area contributed by atoms with E-state index in [4.69, 9.17) is 17.4 Å². The first-order chi connectivity index (χ1) is 12.4. The maximum absolute atomic E-state index is 12.7. The van der Waals surface area contributed by atoms with Gasteiger partial charge in [0.1, 0.15) is 5.54 Å². The zero-order chi connectivity index (χ0) is 18.9. The number of nitrogens with zero attached hydrogens (tertiary/aromatic N) is 3. The third kappa shape index (κ3) is 2.85.